The number of anilines is 2. The molecule has 1 saturated heterocycles. The van der Waals surface area contributed by atoms with Gasteiger partial charge in [-0.05, 0) is 55.3 Å². The van der Waals surface area contributed by atoms with Gasteiger partial charge in [0.25, 0.3) is 0 Å². The number of ether oxygens (including phenoxy) is 2. The fraction of sp³-hybridized carbons (Fsp3) is 0.318. The van der Waals surface area contributed by atoms with E-state index < -0.39 is 12.1 Å². The summed E-state index contributed by atoms with van der Waals surface area (Å²) in [5.74, 6) is -0.0157. The van der Waals surface area contributed by atoms with Crippen LogP contribution in [0, 0.1) is 0 Å². The van der Waals surface area contributed by atoms with Crippen LogP contribution in [0.2, 0.25) is 0 Å². The zero-order valence-corrected chi connectivity index (χ0v) is 16.5. The number of carbonyl (C=O) groups is 3. The maximum Gasteiger partial charge on any atom is 0.344 e. The Morgan fingerprint density at radius 3 is 2.59 bits per heavy atom. The van der Waals surface area contributed by atoms with Gasteiger partial charge in [-0.15, -0.1) is 0 Å². The van der Waals surface area contributed by atoms with Gasteiger partial charge in [0.1, 0.15) is 11.9 Å². The Balaban J connectivity index is 1.50. The summed E-state index contributed by atoms with van der Waals surface area (Å²) in [7, 11) is 0. The highest BCUT2D eigenvalue weighted by Crippen LogP contribution is 2.24. The van der Waals surface area contributed by atoms with Crippen molar-refractivity contribution in [3.63, 3.8) is 0 Å². The van der Waals surface area contributed by atoms with E-state index in [2.05, 4.69) is 5.32 Å². The second-order valence-electron chi connectivity index (χ2n) is 6.87. The largest absolute Gasteiger partial charge is 0.482 e. The van der Waals surface area contributed by atoms with Gasteiger partial charge in [-0.25, -0.2) is 4.79 Å². The molecule has 2 aromatic carbocycles. The number of esters is 1. The first-order valence-electron chi connectivity index (χ1n) is 9.52. The summed E-state index contributed by atoms with van der Waals surface area (Å²) < 4.78 is 10.9. The molecule has 0 aliphatic carbocycles. The first-order valence-corrected chi connectivity index (χ1v) is 9.52. The second kappa shape index (κ2) is 9.23. The molecule has 7 nitrogen and oxygen atoms in total. The van der Waals surface area contributed by atoms with Crippen molar-refractivity contribution in [1.29, 1.82) is 0 Å². The van der Waals surface area contributed by atoms with Crippen molar-refractivity contribution in [2.75, 3.05) is 23.4 Å². The molecule has 0 radical (unpaired) electrons. The number of benzene rings is 2. The topological polar surface area (TPSA) is 84.9 Å². The Morgan fingerprint density at radius 1 is 1.17 bits per heavy atom. The van der Waals surface area contributed by atoms with Crippen LogP contribution in [-0.2, 0) is 19.1 Å². The molecule has 0 saturated carbocycles. The van der Waals surface area contributed by atoms with Gasteiger partial charge in [-0.1, -0.05) is 12.1 Å². The standard InChI is InChI=1S/C22H24N2O5/c1-15(17-5-3-6-18(13-17)23-16(2)25)29-22(27)14-28-20-10-8-19(9-11-20)24-12-4-7-21(24)26/h3,5-6,8-11,13,15H,4,7,12,14H2,1-2H3,(H,23,25). The van der Waals surface area contributed by atoms with E-state index in [0.29, 0.717) is 17.9 Å². The van der Waals surface area contributed by atoms with Crippen molar-refractivity contribution in [3.05, 3.63) is 54.1 Å². The Labute approximate surface area is 169 Å². The highest BCUT2D eigenvalue weighted by atomic mass is 16.6. The van der Waals surface area contributed by atoms with E-state index in [9.17, 15) is 14.4 Å². The van der Waals surface area contributed by atoms with Crippen LogP contribution in [0.3, 0.4) is 0 Å². The third-order valence-corrected chi connectivity index (χ3v) is 4.56. The summed E-state index contributed by atoms with van der Waals surface area (Å²) in [5, 5.41) is 2.70. The summed E-state index contributed by atoms with van der Waals surface area (Å²) >= 11 is 0. The van der Waals surface area contributed by atoms with Crippen molar-refractivity contribution in [2.24, 2.45) is 0 Å². The minimum absolute atomic E-state index is 0.124. The minimum atomic E-state index is -0.499. The molecule has 1 aliphatic heterocycles. The molecule has 3 rings (SSSR count). The van der Waals surface area contributed by atoms with E-state index in [-0.39, 0.29) is 18.4 Å². The molecule has 1 fully saturated rings. The van der Waals surface area contributed by atoms with Crippen molar-refractivity contribution in [2.45, 2.75) is 32.8 Å². The van der Waals surface area contributed by atoms with E-state index in [1.54, 1.807) is 54.3 Å². The Hall–Kier alpha value is -3.35. The van der Waals surface area contributed by atoms with Gasteiger partial charge in [-0.2, -0.15) is 0 Å². The van der Waals surface area contributed by atoms with Crippen LogP contribution in [0.5, 0.6) is 5.75 Å². The van der Waals surface area contributed by atoms with E-state index >= 15 is 0 Å². The minimum Gasteiger partial charge on any atom is -0.482 e. The molecular formula is C22H24N2O5. The molecule has 7 heteroatoms. The summed E-state index contributed by atoms with van der Waals surface area (Å²) in [6.45, 7) is 3.69. The smallest absolute Gasteiger partial charge is 0.344 e. The van der Waals surface area contributed by atoms with Crippen LogP contribution in [0.25, 0.3) is 0 Å². The summed E-state index contributed by atoms with van der Waals surface area (Å²) in [6, 6.07) is 14.2. The van der Waals surface area contributed by atoms with Crippen LogP contribution in [-0.4, -0.2) is 30.9 Å². The van der Waals surface area contributed by atoms with E-state index in [0.717, 1.165) is 24.2 Å². The van der Waals surface area contributed by atoms with Crippen molar-refractivity contribution in [1.82, 2.24) is 0 Å². The normalized spacial score (nSPS) is 14.4. The molecule has 1 atom stereocenters. The molecule has 1 N–H and O–H groups in total. The summed E-state index contributed by atoms with van der Waals surface area (Å²) in [6.07, 6.45) is 0.966. The van der Waals surface area contributed by atoms with E-state index in [4.69, 9.17) is 9.47 Å². The van der Waals surface area contributed by atoms with E-state index in [1.807, 2.05) is 6.07 Å². The summed E-state index contributed by atoms with van der Waals surface area (Å²) in [5.41, 5.74) is 2.24. The number of carbonyl (C=O) groups excluding carboxylic acids is 3. The van der Waals surface area contributed by atoms with Gasteiger partial charge in [-0.3, -0.25) is 9.59 Å². The van der Waals surface area contributed by atoms with Crippen LogP contribution in [0.15, 0.2) is 48.5 Å². The highest BCUT2D eigenvalue weighted by molar-refractivity contribution is 5.95. The molecule has 0 spiro atoms. The third kappa shape index (κ3) is 5.57. The van der Waals surface area contributed by atoms with Crippen molar-refractivity contribution in [3.8, 4) is 5.75 Å². The molecule has 1 unspecified atom stereocenters. The van der Waals surface area contributed by atoms with Crippen LogP contribution < -0.4 is 15.0 Å². The SMILES string of the molecule is CC(=O)Nc1cccc(C(C)OC(=O)COc2ccc(N3CCCC3=O)cc2)c1. The highest BCUT2D eigenvalue weighted by Gasteiger charge is 2.21. The lowest BCUT2D eigenvalue weighted by molar-refractivity contribution is -0.151. The number of amides is 2. The van der Waals surface area contributed by atoms with Gasteiger partial charge in [0, 0.05) is 31.3 Å². The molecule has 2 amide bonds. The number of nitrogens with zero attached hydrogens (tertiary/aromatic N) is 1. The first kappa shape index (κ1) is 20.4. The van der Waals surface area contributed by atoms with Gasteiger partial charge in [0.05, 0.1) is 0 Å². The quantitative estimate of drug-likeness (QED) is 0.725. The van der Waals surface area contributed by atoms with Crippen LogP contribution in [0.1, 0.15) is 38.4 Å². The molecule has 152 valence electrons. The molecule has 2 aromatic rings. The lowest BCUT2D eigenvalue weighted by atomic mass is 10.1. The third-order valence-electron chi connectivity index (χ3n) is 4.56. The van der Waals surface area contributed by atoms with E-state index in [1.165, 1.54) is 6.92 Å². The Kier molecular flexibility index (Phi) is 6.49. The maximum absolute atomic E-state index is 12.1. The van der Waals surface area contributed by atoms with Crippen molar-refractivity contribution >= 4 is 29.2 Å². The lowest BCUT2D eigenvalue weighted by Gasteiger charge is -2.17. The molecule has 0 aromatic heterocycles. The number of hydrogen-bond donors (Lipinski definition) is 1. The van der Waals surface area contributed by atoms with Crippen LogP contribution >= 0.6 is 0 Å². The van der Waals surface area contributed by atoms with Crippen LogP contribution in [0.4, 0.5) is 11.4 Å². The maximum atomic E-state index is 12.1. The first-order chi connectivity index (χ1) is 13.9. The van der Waals surface area contributed by atoms with Gasteiger partial charge < -0.3 is 19.7 Å². The van der Waals surface area contributed by atoms with Gasteiger partial charge in [0.15, 0.2) is 6.61 Å². The molecular weight excluding hydrogens is 372 g/mol. The fourth-order valence-electron chi connectivity index (χ4n) is 3.16. The molecule has 1 heterocycles. The predicted molar refractivity (Wildman–Crippen MR) is 109 cm³/mol. The summed E-state index contributed by atoms with van der Waals surface area (Å²) in [4.78, 5) is 36.8. The fourth-order valence-corrected chi connectivity index (χ4v) is 3.16. The molecule has 0 bridgehead atoms. The number of hydrogen-bond acceptors (Lipinski definition) is 5. The van der Waals surface area contributed by atoms with Crippen molar-refractivity contribution < 1.29 is 23.9 Å². The molecule has 1 aliphatic rings. The Bertz CT molecular complexity index is 894. The predicted octanol–water partition coefficient (Wildman–Crippen LogP) is 3.46. The average Bonchev–Trinajstić information content (AvgIpc) is 3.12. The lowest BCUT2D eigenvalue weighted by Crippen LogP contribution is -2.23. The van der Waals surface area contributed by atoms with Gasteiger partial charge in [0.2, 0.25) is 11.8 Å². The number of rotatable bonds is 7. The monoisotopic (exact) mass is 396 g/mol. The zero-order valence-electron chi connectivity index (χ0n) is 16.5. The number of nitrogens with one attached hydrogen (secondary N) is 1. The van der Waals surface area contributed by atoms with Gasteiger partial charge >= 0.3 is 5.97 Å². The molecule has 29 heavy (non-hydrogen) atoms. The Morgan fingerprint density at radius 2 is 1.93 bits per heavy atom. The second-order valence-corrected chi connectivity index (χ2v) is 6.87. The average molecular weight is 396 g/mol. The zero-order chi connectivity index (χ0) is 20.8.